The lowest BCUT2D eigenvalue weighted by Crippen LogP contribution is -1.96. The summed E-state index contributed by atoms with van der Waals surface area (Å²) in [6.07, 6.45) is 3.03. The van der Waals surface area contributed by atoms with Gasteiger partial charge in [0.1, 0.15) is 11.5 Å². The average Bonchev–Trinajstić information content (AvgIpc) is 2.99. The van der Waals surface area contributed by atoms with Gasteiger partial charge in [-0.1, -0.05) is 41.2 Å². The van der Waals surface area contributed by atoms with E-state index in [0.717, 1.165) is 22.9 Å². The van der Waals surface area contributed by atoms with E-state index in [2.05, 4.69) is 5.16 Å². The average molecular weight is 363 g/mol. The molecule has 0 fully saturated rings. The minimum absolute atomic E-state index is 0.239. The van der Waals surface area contributed by atoms with Crippen LogP contribution in [0.1, 0.15) is 0 Å². The first-order valence-corrected chi connectivity index (χ1v) is 10.1. The van der Waals surface area contributed by atoms with Gasteiger partial charge in [-0.3, -0.25) is 0 Å². The second kappa shape index (κ2) is 6.41. The Kier molecular flexibility index (Phi) is 4.47. The third-order valence-corrected chi connectivity index (χ3v) is 5.31. The van der Waals surface area contributed by atoms with Gasteiger partial charge < -0.3 is 4.52 Å². The Labute approximate surface area is 143 Å². The zero-order valence-electron chi connectivity index (χ0n) is 13.0. The molecule has 7 heteroatoms. The molecule has 1 aromatic heterocycles. The Morgan fingerprint density at radius 3 is 2.12 bits per heavy atom. The number of thioether (sulfide) groups is 1. The van der Waals surface area contributed by atoms with Crippen molar-refractivity contribution in [3.05, 3.63) is 54.3 Å². The molecule has 0 N–H and O–H groups in total. The van der Waals surface area contributed by atoms with Crippen molar-refractivity contribution in [1.29, 1.82) is 0 Å². The summed E-state index contributed by atoms with van der Waals surface area (Å²) in [5.41, 5.74) is 2.86. The van der Waals surface area contributed by atoms with E-state index >= 15 is 0 Å². The summed E-state index contributed by atoms with van der Waals surface area (Å²) in [7, 11) is -3.26. The van der Waals surface area contributed by atoms with E-state index in [0.29, 0.717) is 10.8 Å². The van der Waals surface area contributed by atoms with Gasteiger partial charge in [-0.15, -0.1) is 0 Å². The Morgan fingerprint density at radius 2 is 1.58 bits per heavy atom. The molecule has 0 aliphatic rings. The second-order valence-corrected chi connectivity index (χ2v) is 8.00. The van der Waals surface area contributed by atoms with E-state index in [1.807, 2.05) is 6.26 Å². The van der Waals surface area contributed by atoms with Crippen molar-refractivity contribution in [3.8, 4) is 22.4 Å². The molecule has 0 spiro atoms. The highest BCUT2D eigenvalue weighted by Crippen LogP contribution is 2.38. The minimum atomic E-state index is -3.26. The van der Waals surface area contributed by atoms with Crippen molar-refractivity contribution in [2.45, 2.75) is 9.99 Å². The molecule has 0 saturated heterocycles. The van der Waals surface area contributed by atoms with Crippen molar-refractivity contribution in [2.24, 2.45) is 0 Å². The number of nitrogens with zero attached hydrogens (tertiary/aromatic N) is 1. The molecule has 1 heterocycles. The molecule has 0 bridgehead atoms. The maximum absolute atomic E-state index is 13.2. The summed E-state index contributed by atoms with van der Waals surface area (Å²) in [4.78, 5) is 0.239. The predicted molar refractivity (Wildman–Crippen MR) is 92.2 cm³/mol. The van der Waals surface area contributed by atoms with Crippen LogP contribution in [0.5, 0.6) is 0 Å². The Bertz CT molecular complexity index is 962. The maximum atomic E-state index is 13.2. The summed E-state index contributed by atoms with van der Waals surface area (Å²) >= 11 is 1.40. The van der Waals surface area contributed by atoms with Crippen molar-refractivity contribution < 1.29 is 17.3 Å². The van der Waals surface area contributed by atoms with Gasteiger partial charge in [-0.2, -0.15) is 0 Å². The molecular formula is C17H14FNO3S2. The molecule has 0 unspecified atom stereocenters. The predicted octanol–water partition coefficient (Wildman–Crippen LogP) is 4.27. The van der Waals surface area contributed by atoms with Crippen LogP contribution in [0, 0.1) is 5.82 Å². The van der Waals surface area contributed by atoms with Gasteiger partial charge in [0.05, 0.1) is 10.5 Å². The number of hydrogen-bond donors (Lipinski definition) is 0. The smallest absolute Gasteiger partial charge is 0.201 e. The number of benzene rings is 2. The molecule has 0 aliphatic carbocycles. The number of rotatable bonds is 4. The summed E-state index contributed by atoms with van der Waals surface area (Å²) < 4.78 is 41.7. The van der Waals surface area contributed by atoms with Crippen LogP contribution in [0.15, 0.2) is 63.0 Å². The Morgan fingerprint density at radius 1 is 1.00 bits per heavy atom. The first kappa shape index (κ1) is 16.7. The van der Waals surface area contributed by atoms with E-state index in [1.54, 1.807) is 24.3 Å². The number of aromatic nitrogens is 1. The molecule has 0 amide bonds. The molecule has 0 radical (unpaired) electrons. The molecule has 0 saturated carbocycles. The zero-order valence-corrected chi connectivity index (χ0v) is 14.6. The molecule has 0 aliphatic heterocycles. The first-order chi connectivity index (χ1) is 11.4. The van der Waals surface area contributed by atoms with Crippen molar-refractivity contribution in [3.63, 3.8) is 0 Å². The Hall–Kier alpha value is -2.12. The fourth-order valence-electron chi connectivity index (χ4n) is 2.34. The van der Waals surface area contributed by atoms with Crippen LogP contribution < -0.4 is 0 Å². The number of hydrogen-bond acceptors (Lipinski definition) is 5. The normalized spacial score (nSPS) is 11.6. The first-order valence-electron chi connectivity index (χ1n) is 7.00. The van der Waals surface area contributed by atoms with Crippen molar-refractivity contribution in [1.82, 2.24) is 5.16 Å². The maximum Gasteiger partial charge on any atom is 0.201 e. The highest BCUT2D eigenvalue weighted by atomic mass is 32.2. The van der Waals surface area contributed by atoms with Crippen molar-refractivity contribution in [2.75, 3.05) is 12.5 Å². The fourth-order valence-corrected chi connectivity index (χ4v) is 3.50. The van der Waals surface area contributed by atoms with Crippen LogP contribution in [0.25, 0.3) is 22.4 Å². The third kappa shape index (κ3) is 3.22. The van der Waals surface area contributed by atoms with Crippen LogP contribution in [-0.4, -0.2) is 26.1 Å². The molecule has 0 atom stereocenters. The van der Waals surface area contributed by atoms with Gasteiger partial charge in [-0.25, -0.2) is 12.8 Å². The topological polar surface area (TPSA) is 60.2 Å². The molecule has 124 valence electrons. The minimum Gasteiger partial charge on any atom is -0.349 e. The lowest BCUT2D eigenvalue weighted by atomic mass is 10.0. The molecule has 3 aromatic rings. The van der Waals surface area contributed by atoms with Crippen LogP contribution in [0.3, 0.4) is 0 Å². The van der Waals surface area contributed by atoms with Crippen LogP contribution >= 0.6 is 11.8 Å². The van der Waals surface area contributed by atoms with E-state index in [1.165, 1.54) is 36.0 Å². The van der Waals surface area contributed by atoms with Crippen LogP contribution in [-0.2, 0) is 9.84 Å². The second-order valence-electron chi connectivity index (χ2n) is 5.20. The zero-order chi connectivity index (χ0) is 17.3. The van der Waals surface area contributed by atoms with Gasteiger partial charge >= 0.3 is 0 Å². The number of halogens is 1. The summed E-state index contributed by atoms with van der Waals surface area (Å²) in [6.45, 7) is 0. The quantitative estimate of drug-likeness (QED) is 0.648. The SMILES string of the molecule is CSc1onc(-c2ccc(S(C)(=O)=O)cc2)c1-c1ccc(F)cc1. The van der Waals surface area contributed by atoms with Gasteiger partial charge in [0.15, 0.2) is 9.84 Å². The molecule has 4 nitrogen and oxygen atoms in total. The summed E-state index contributed by atoms with van der Waals surface area (Å²) in [6, 6.07) is 12.5. The molecular weight excluding hydrogens is 349 g/mol. The summed E-state index contributed by atoms with van der Waals surface area (Å²) in [5.74, 6) is -0.319. The van der Waals surface area contributed by atoms with Gasteiger partial charge in [0.2, 0.25) is 5.09 Å². The lowest BCUT2D eigenvalue weighted by Gasteiger charge is -2.05. The highest BCUT2D eigenvalue weighted by molar-refractivity contribution is 7.98. The summed E-state index contributed by atoms with van der Waals surface area (Å²) in [5, 5.41) is 4.72. The largest absolute Gasteiger partial charge is 0.349 e. The van der Waals surface area contributed by atoms with Gasteiger partial charge in [0, 0.05) is 11.8 Å². The Balaban J connectivity index is 2.12. The van der Waals surface area contributed by atoms with Crippen LogP contribution in [0.2, 0.25) is 0 Å². The van der Waals surface area contributed by atoms with E-state index in [9.17, 15) is 12.8 Å². The van der Waals surface area contributed by atoms with E-state index in [-0.39, 0.29) is 10.7 Å². The monoisotopic (exact) mass is 363 g/mol. The molecule has 24 heavy (non-hydrogen) atoms. The third-order valence-electron chi connectivity index (χ3n) is 3.53. The van der Waals surface area contributed by atoms with E-state index < -0.39 is 9.84 Å². The fraction of sp³-hybridized carbons (Fsp3) is 0.118. The van der Waals surface area contributed by atoms with Crippen LogP contribution in [0.4, 0.5) is 4.39 Å². The standard InChI is InChI=1S/C17H14FNO3S2/c1-23-17-15(11-3-7-13(18)8-4-11)16(19-22-17)12-5-9-14(10-6-12)24(2,20)21/h3-10H,1-2H3. The molecule has 2 aromatic carbocycles. The molecule has 3 rings (SSSR count). The lowest BCUT2D eigenvalue weighted by molar-refractivity contribution is 0.353. The van der Waals surface area contributed by atoms with Gasteiger partial charge in [-0.05, 0) is 36.1 Å². The van der Waals surface area contributed by atoms with Crippen molar-refractivity contribution >= 4 is 21.6 Å². The highest BCUT2D eigenvalue weighted by Gasteiger charge is 2.19. The van der Waals surface area contributed by atoms with E-state index in [4.69, 9.17) is 4.52 Å². The van der Waals surface area contributed by atoms with Gasteiger partial charge in [0.25, 0.3) is 0 Å². The number of sulfone groups is 1.